The molecule has 4 heterocycles. The van der Waals surface area contributed by atoms with E-state index < -0.39 is 72.2 Å². The number of cyclic esters (lactones) is 1. The number of likely N-dealkylation sites (N-methyl/N-ethyl adjacent to an activating group) is 1. The van der Waals surface area contributed by atoms with E-state index >= 15 is 9.59 Å². The topological polar surface area (TPSA) is 117 Å². The summed E-state index contributed by atoms with van der Waals surface area (Å²) in [5.74, 6) is -4.18. The highest BCUT2D eigenvalue weighted by Crippen LogP contribution is 2.60. The number of carbonyl (C=O) groups is 4. The minimum Gasteiger partial charge on any atom is -0.455 e. The summed E-state index contributed by atoms with van der Waals surface area (Å²) in [5, 5.41) is 11.2. The number of nitrogens with zero attached hydrogens (tertiary/aromatic N) is 3. The third-order valence-electron chi connectivity index (χ3n) is 10.8. The molecule has 2 saturated heterocycles. The number of aliphatic hydroxyl groups excluding tert-OH is 1. The van der Waals surface area contributed by atoms with Gasteiger partial charge < -0.3 is 29.3 Å². The van der Waals surface area contributed by atoms with Crippen molar-refractivity contribution in [2.24, 2.45) is 11.8 Å². The Balaban J connectivity index is 1.41. The molecule has 0 aromatic heterocycles. The molecule has 1 spiro atoms. The Morgan fingerprint density at radius 1 is 0.923 bits per heavy atom. The van der Waals surface area contributed by atoms with Gasteiger partial charge in [-0.2, -0.15) is 0 Å². The molecule has 8 atom stereocenters. The Kier molecular flexibility index (Phi) is 10.1. The Hall–Kier alpha value is -4.29. The third-order valence-corrected chi connectivity index (χ3v) is 11.8. The maximum Gasteiger partial charge on any atom is 0.313 e. The van der Waals surface area contributed by atoms with Gasteiger partial charge in [0.05, 0.1) is 35.3 Å². The average Bonchev–Trinajstić information content (AvgIpc) is 3.75. The monoisotopic (exact) mass is 787 g/mol. The molecule has 52 heavy (non-hydrogen) atoms. The van der Waals surface area contributed by atoms with Gasteiger partial charge in [0.25, 0.3) is 5.91 Å². The van der Waals surface area contributed by atoms with Gasteiger partial charge in [-0.3, -0.25) is 19.2 Å². The van der Waals surface area contributed by atoms with E-state index in [1.165, 1.54) is 9.80 Å². The van der Waals surface area contributed by atoms with Gasteiger partial charge in [0, 0.05) is 24.5 Å². The zero-order valence-electron chi connectivity index (χ0n) is 28.7. The molecule has 0 radical (unpaired) electrons. The molecule has 12 heteroatoms. The van der Waals surface area contributed by atoms with E-state index in [1.807, 2.05) is 49.4 Å². The van der Waals surface area contributed by atoms with Crippen molar-refractivity contribution in [3.05, 3.63) is 124 Å². The minimum atomic E-state index is -1.60. The number of para-hydroxylation sites is 1. The van der Waals surface area contributed by atoms with Gasteiger partial charge in [-0.15, -0.1) is 0 Å². The van der Waals surface area contributed by atoms with Crippen molar-refractivity contribution in [1.29, 1.82) is 0 Å². The minimum absolute atomic E-state index is 0.0628. The van der Waals surface area contributed by atoms with Crippen LogP contribution in [0.25, 0.3) is 0 Å². The SMILES string of the molecule is C[C@@H]1[C@@H](c2ccccc2)OC(=O)[C@@H]2[C@H]3O[C@@]4(C=C3Br)[C@H](C(=O)N(c3ccccc3Cl)C/C=C\CCC(=O)N1C)N([C@H](CO)c1ccccc1)C(=O)[C@@H]24. The molecule has 270 valence electrons. The zero-order chi connectivity index (χ0) is 36.7. The lowest BCUT2D eigenvalue weighted by Crippen LogP contribution is -2.57. The van der Waals surface area contributed by atoms with Gasteiger partial charge >= 0.3 is 5.97 Å². The van der Waals surface area contributed by atoms with Gasteiger partial charge in [-0.1, -0.05) is 112 Å². The van der Waals surface area contributed by atoms with Crippen LogP contribution in [0.3, 0.4) is 0 Å². The number of likely N-dealkylation sites (tertiary alicyclic amines) is 1. The summed E-state index contributed by atoms with van der Waals surface area (Å²) in [6.45, 7) is 1.39. The highest BCUT2D eigenvalue weighted by Gasteiger charge is 2.75. The molecular weight excluding hydrogens is 750 g/mol. The molecule has 0 aliphatic carbocycles. The first-order valence-corrected chi connectivity index (χ1v) is 18.5. The molecule has 10 nitrogen and oxygen atoms in total. The van der Waals surface area contributed by atoms with Crippen LogP contribution in [0, 0.1) is 11.8 Å². The van der Waals surface area contributed by atoms with Crippen molar-refractivity contribution in [3.63, 3.8) is 0 Å². The number of benzene rings is 3. The first-order valence-electron chi connectivity index (χ1n) is 17.3. The summed E-state index contributed by atoms with van der Waals surface area (Å²) in [6, 6.07) is 22.3. The van der Waals surface area contributed by atoms with Crippen molar-refractivity contribution in [3.8, 4) is 0 Å². The molecule has 4 aliphatic heterocycles. The summed E-state index contributed by atoms with van der Waals surface area (Å²) in [6.07, 6.45) is 4.15. The smallest absolute Gasteiger partial charge is 0.313 e. The van der Waals surface area contributed by atoms with Crippen molar-refractivity contribution < 1.29 is 33.8 Å². The summed E-state index contributed by atoms with van der Waals surface area (Å²) < 4.78 is 13.6. The van der Waals surface area contributed by atoms with Crippen LogP contribution in [0.4, 0.5) is 5.69 Å². The van der Waals surface area contributed by atoms with E-state index in [1.54, 1.807) is 72.6 Å². The lowest BCUT2D eigenvalue weighted by Gasteiger charge is -2.39. The fraction of sp³-hybridized carbons (Fsp3) is 0.350. The maximum absolute atomic E-state index is 15.3. The Morgan fingerprint density at radius 3 is 2.29 bits per heavy atom. The number of fused-ring (bicyclic) bond motifs is 2. The van der Waals surface area contributed by atoms with Crippen LogP contribution in [0.2, 0.25) is 5.02 Å². The molecule has 7 rings (SSSR count). The molecule has 3 aromatic rings. The Labute approximate surface area is 315 Å². The van der Waals surface area contributed by atoms with Crippen LogP contribution in [0.1, 0.15) is 43.0 Å². The van der Waals surface area contributed by atoms with Crippen molar-refractivity contribution in [1.82, 2.24) is 9.80 Å². The average molecular weight is 789 g/mol. The number of carbonyl (C=O) groups excluding carboxylic acids is 4. The van der Waals surface area contributed by atoms with Crippen LogP contribution >= 0.6 is 27.5 Å². The summed E-state index contributed by atoms with van der Waals surface area (Å²) in [5.41, 5.74) is 0.107. The molecule has 0 saturated carbocycles. The lowest BCUT2D eigenvalue weighted by atomic mass is 9.74. The second-order valence-corrected chi connectivity index (χ2v) is 14.9. The van der Waals surface area contributed by atoms with E-state index in [-0.39, 0.29) is 18.9 Å². The number of ether oxygens (including phenoxy) is 2. The van der Waals surface area contributed by atoms with Crippen molar-refractivity contribution in [2.75, 3.05) is 25.1 Å². The molecule has 1 N–H and O–H groups in total. The van der Waals surface area contributed by atoms with Crippen LogP contribution < -0.4 is 4.90 Å². The summed E-state index contributed by atoms with van der Waals surface area (Å²) in [4.78, 5) is 62.9. The number of esters is 1. The van der Waals surface area contributed by atoms with E-state index in [9.17, 15) is 14.7 Å². The second kappa shape index (κ2) is 14.6. The number of allylic oxidation sites excluding steroid dienone is 1. The van der Waals surface area contributed by atoms with E-state index in [0.29, 0.717) is 32.7 Å². The summed E-state index contributed by atoms with van der Waals surface area (Å²) >= 11 is 10.3. The first kappa shape index (κ1) is 36.1. The molecule has 0 unspecified atom stereocenters. The normalized spacial score (nSPS) is 30.6. The highest BCUT2D eigenvalue weighted by molar-refractivity contribution is 9.11. The van der Waals surface area contributed by atoms with E-state index in [4.69, 9.17) is 21.1 Å². The molecule has 5 bridgehead atoms. The number of anilines is 1. The number of hydrogen-bond acceptors (Lipinski definition) is 7. The van der Waals surface area contributed by atoms with Gasteiger partial charge in [-0.25, -0.2) is 0 Å². The van der Waals surface area contributed by atoms with Crippen LogP contribution in [0.15, 0.2) is 108 Å². The van der Waals surface area contributed by atoms with E-state index in [0.717, 1.165) is 0 Å². The zero-order valence-corrected chi connectivity index (χ0v) is 31.0. The fourth-order valence-corrected chi connectivity index (χ4v) is 9.07. The Bertz CT molecular complexity index is 1930. The third kappa shape index (κ3) is 6.07. The largest absolute Gasteiger partial charge is 0.455 e. The molecule has 3 aromatic carbocycles. The number of rotatable bonds is 5. The first-order chi connectivity index (χ1) is 25.1. The van der Waals surface area contributed by atoms with Crippen LogP contribution in [0.5, 0.6) is 0 Å². The predicted octanol–water partition coefficient (Wildman–Crippen LogP) is 5.76. The summed E-state index contributed by atoms with van der Waals surface area (Å²) in [7, 11) is 1.68. The Morgan fingerprint density at radius 2 is 1.60 bits per heavy atom. The quantitative estimate of drug-likeness (QED) is 0.258. The number of aliphatic hydroxyl groups is 1. The lowest BCUT2D eigenvalue weighted by molar-refractivity contribution is -0.164. The fourth-order valence-electron chi connectivity index (χ4n) is 8.10. The molecule has 3 amide bonds. The van der Waals surface area contributed by atoms with Crippen LogP contribution in [-0.2, 0) is 28.7 Å². The van der Waals surface area contributed by atoms with Gasteiger partial charge in [-0.05, 0) is 42.7 Å². The van der Waals surface area contributed by atoms with Gasteiger partial charge in [0.15, 0.2) is 0 Å². The van der Waals surface area contributed by atoms with Crippen LogP contribution in [-0.4, -0.2) is 82.6 Å². The van der Waals surface area contributed by atoms with Gasteiger partial charge in [0.2, 0.25) is 11.8 Å². The maximum atomic E-state index is 15.3. The molecule has 2 fully saturated rings. The molecule has 4 aliphatic rings. The highest BCUT2D eigenvalue weighted by atomic mass is 79.9. The predicted molar refractivity (Wildman–Crippen MR) is 198 cm³/mol. The number of amides is 3. The van der Waals surface area contributed by atoms with Crippen molar-refractivity contribution >= 4 is 56.9 Å². The number of hydrogen-bond donors (Lipinski definition) is 1. The van der Waals surface area contributed by atoms with Crippen molar-refractivity contribution in [2.45, 2.75) is 55.7 Å². The second-order valence-electron chi connectivity index (χ2n) is 13.6. The molecular formula is C40H39BrClN3O7. The standard InChI is InChI=1S/C40H39BrClN3O7/c1-24-34(26-16-8-4-9-17-26)51-39(50)32-33-37(48)45(30(23-46)25-14-6-3-7-15-25)36(40(33)22-27(41)35(32)52-40)38(49)44(29-19-12-11-18-28(29)42)21-13-5-10-20-31(47)43(24)2/h3-9,11-19,22,24,30,32-36,46H,10,20-21,23H2,1-2H3/b13-5-/t24-,30-,32+,33-,34+,35+,36+,40-/m1/s1. The number of halogens is 2. The van der Waals surface area contributed by atoms with Gasteiger partial charge in [0.1, 0.15) is 29.8 Å². The van der Waals surface area contributed by atoms with E-state index in [2.05, 4.69) is 15.9 Å².